The Balaban J connectivity index is 0.000000119. The summed E-state index contributed by atoms with van der Waals surface area (Å²) in [6, 6.07) is 114. The topological polar surface area (TPSA) is 122 Å². The van der Waals surface area contributed by atoms with Crippen LogP contribution in [0.1, 0.15) is 114 Å². The highest BCUT2D eigenvalue weighted by Crippen LogP contribution is 2.58. The van der Waals surface area contributed by atoms with Crippen LogP contribution in [0.5, 0.6) is 0 Å². The van der Waals surface area contributed by atoms with E-state index in [9.17, 15) is 0 Å². The lowest BCUT2D eigenvalue weighted by atomic mass is 9.67. The molecule has 0 unspecified atom stereocenters. The molecule has 14 aromatic carbocycles. The number of hydrogen-bond acceptors (Lipinski definition) is 10. The van der Waals surface area contributed by atoms with Crippen molar-refractivity contribution in [1.29, 1.82) is 0 Å². The third-order valence-corrected chi connectivity index (χ3v) is 26.4. The van der Waals surface area contributed by atoms with E-state index >= 15 is 0 Å². The zero-order valence-electron chi connectivity index (χ0n) is 67.5. The molecule has 2 saturated carbocycles. The Bertz CT molecular complexity index is 6920. The summed E-state index contributed by atoms with van der Waals surface area (Å²) in [6.07, 6.45) is 13.0. The molecule has 10 nitrogen and oxygen atoms in total. The molecule has 2 spiro atoms. The Morgan fingerprint density at radius 1 is 0.250 bits per heavy atom. The van der Waals surface area contributed by atoms with Crippen molar-refractivity contribution in [1.82, 2.24) is 29.9 Å². The molecule has 12 heteroatoms. The van der Waals surface area contributed by atoms with E-state index in [2.05, 4.69) is 252 Å². The normalized spacial score (nSPS) is 15.6. The average Bonchev–Trinajstić information content (AvgIpc) is 1.56. The summed E-state index contributed by atoms with van der Waals surface area (Å²) < 4.78 is 25.0. The van der Waals surface area contributed by atoms with Crippen LogP contribution in [0.2, 0.25) is 5.02 Å². The molecule has 18 aromatic rings. The number of furan rings is 2. The maximum absolute atomic E-state index is 6.31. The maximum atomic E-state index is 6.31. The number of aromatic nitrogens is 6. The van der Waals surface area contributed by atoms with Crippen molar-refractivity contribution < 1.29 is 18.1 Å². The van der Waals surface area contributed by atoms with Crippen molar-refractivity contribution in [3.05, 3.63) is 355 Å². The van der Waals surface area contributed by atoms with E-state index in [-0.39, 0.29) is 29.2 Å². The highest BCUT2D eigenvalue weighted by Gasteiger charge is 2.53. The Labute approximate surface area is 704 Å². The summed E-state index contributed by atoms with van der Waals surface area (Å²) in [6.45, 7) is 8.47. The number of fused-ring (bicyclic) bond motifs is 16. The largest absolute Gasteiger partial charge is 0.494 e. The Morgan fingerprint density at radius 2 is 0.558 bits per heavy atom. The van der Waals surface area contributed by atoms with Gasteiger partial charge in [0.05, 0.1) is 11.2 Å². The lowest BCUT2D eigenvalue weighted by Gasteiger charge is -2.36. The van der Waals surface area contributed by atoms with Crippen molar-refractivity contribution in [3.63, 3.8) is 0 Å². The van der Waals surface area contributed by atoms with Crippen LogP contribution in [-0.2, 0) is 20.1 Å². The Morgan fingerprint density at radius 3 is 0.992 bits per heavy atom. The molecule has 0 atom stereocenters. The van der Waals surface area contributed by atoms with Crippen LogP contribution in [0.25, 0.3) is 168 Å². The van der Waals surface area contributed by atoms with E-state index in [1.165, 1.54) is 125 Å². The molecular formula is C108H86BClN6O4. The number of rotatable bonds is 10. The predicted octanol–water partition coefficient (Wildman–Crippen LogP) is 27.6. The summed E-state index contributed by atoms with van der Waals surface area (Å²) in [5.74, 6) is 3.62. The van der Waals surface area contributed by atoms with Crippen LogP contribution in [0, 0.1) is 0 Å². The summed E-state index contributed by atoms with van der Waals surface area (Å²) in [7, 11) is -0.296. The van der Waals surface area contributed by atoms with Crippen LogP contribution in [0.15, 0.2) is 336 Å². The molecule has 5 heterocycles. The third-order valence-electron chi connectivity index (χ3n) is 26.1. The summed E-state index contributed by atoms with van der Waals surface area (Å²) in [5, 5.41) is 4.99. The monoisotopic (exact) mass is 1580 g/mol. The van der Waals surface area contributed by atoms with Gasteiger partial charge < -0.3 is 18.1 Å². The van der Waals surface area contributed by atoms with Crippen molar-refractivity contribution in [2.75, 3.05) is 0 Å². The van der Waals surface area contributed by atoms with Gasteiger partial charge in [0.2, 0.25) is 0 Å². The molecular weight excluding hydrogens is 1490 g/mol. The highest BCUT2D eigenvalue weighted by molar-refractivity contribution is 6.62. The predicted molar refractivity (Wildman–Crippen MR) is 489 cm³/mol. The fourth-order valence-corrected chi connectivity index (χ4v) is 19.3. The van der Waals surface area contributed by atoms with Gasteiger partial charge in [-0.1, -0.05) is 311 Å². The molecule has 0 bridgehead atoms. The van der Waals surface area contributed by atoms with Crippen molar-refractivity contribution in [2.24, 2.45) is 0 Å². The molecule has 3 fully saturated rings. The molecule has 23 rings (SSSR count). The zero-order valence-corrected chi connectivity index (χ0v) is 68.3. The molecule has 5 aliphatic rings. The van der Waals surface area contributed by atoms with E-state index in [0.29, 0.717) is 40.0 Å². The van der Waals surface area contributed by atoms with E-state index in [1.54, 1.807) is 0 Å². The second-order valence-corrected chi connectivity index (χ2v) is 34.2. The summed E-state index contributed by atoms with van der Waals surface area (Å²) in [5.41, 5.74) is 28.3. The SMILES string of the molecule is CC1(C)OB(c2ccc3c(c2)-c2ccccc2C32CCCCC2)OC1(C)C.Clc1ccc(-c2nc(-c3ccc(-c4ccccc4)cc3)nc(-c3ccc4c(c3)oc3ccccc34)n2)cc1.c1ccc(-c2ccc(-c3nc(-c4ccc(-c5ccc6c(c5)-c5ccccc5C65CCCCC5)cc4)nc(-c4ccc5c(c4)oc4ccccc45)n3)cc2)cc1. The zero-order chi connectivity index (χ0) is 80.7. The maximum Gasteiger partial charge on any atom is 0.494 e. The highest BCUT2D eigenvalue weighted by atomic mass is 35.5. The standard InChI is InChI=1S/C51H37N3O.C33H20ClN3O.C24H29BO2/c1-3-11-33(12-4-1)34-17-21-36(22-18-34)48-52-49(54-50(53-48)39-25-27-42-41-14-6-8-16-46(41)55-47(42)32-39)37-23-19-35(20-24-37)38-26-28-45-43(31-38)40-13-5-7-15-44(40)51(45)29-9-2-10-30-51;34-26-17-14-24(15-18-26)32-35-31(23-12-10-22(11-13-23)21-6-2-1-3-7-21)36-33(37-32)25-16-19-28-27-8-4-5-9-29(27)38-30(28)20-25;1-22(2)23(3,4)27-25(26-22)17-12-13-21-19(16-17)18-10-6-7-11-20(18)24(21)14-8-5-9-15-24/h1,3-8,11-28,31-32H,2,9-10,29-30H2;1-20H;6-7,10-13,16H,5,8-9,14-15H2,1-4H3. The van der Waals surface area contributed by atoms with Gasteiger partial charge in [-0.3, -0.25) is 0 Å². The average molecular weight is 1580 g/mol. The fraction of sp³-hybridized carbons (Fsp3) is 0.167. The van der Waals surface area contributed by atoms with Gasteiger partial charge in [0.25, 0.3) is 0 Å². The first-order chi connectivity index (χ1) is 58.7. The van der Waals surface area contributed by atoms with E-state index in [1.807, 2.05) is 103 Å². The molecule has 582 valence electrons. The first-order valence-corrected chi connectivity index (χ1v) is 42.5. The first kappa shape index (κ1) is 74.5. The van der Waals surface area contributed by atoms with Crippen LogP contribution < -0.4 is 5.46 Å². The van der Waals surface area contributed by atoms with Crippen molar-refractivity contribution in [3.8, 4) is 124 Å². The summed E-state index contributed by atoms with van der Waals surface area (Å²) >= 11 is 6.14. The van der Waals surface area contributed by atoms with Gasteiger partial charge in [0, 0.05) is 70.8 Å². The first-order valence-electron chi connectivity index (χ1n) is 42.1. The molecule has 120 heavy (non-hydrogen) atoms. The number of halogens is 1. The van der Waals surface area contributed by atoms with Crippen LogP contribution >= 0.6 is 11.6 Å². The molecule has 1 saturated heterocycles. The fourth-order valence-electron chi connectivity index (χ4n) is 19.2. The van der Waals surface area contributed by atoms with Crippen molar-refractivity contribution in [2.45, 2.75) is 114 Å². The van der Waals surface area contributed by atoms with Gasteiger partial charge in [0.1, 0.15) is 22.3 Å². The van der Waals surface area contributed by atoms with Gasteiger partial charge in [-0.05, 0) is 203 Å². The molecule has 1 aliphatic heterocycles. The Kier molecular flexibility index (Phi) is 18.9. The number of benzene rings is 14. The van der Waals surface area contributed by atoms with Gasteiger partial charge in [0.15, 0.2) is 34.9 Å². The van der Waals surface area contributed by atoms with Gasteiger partial charge in [-0.15, -0.1) is 0 Å². The summed E-state index contributed by atoms with van der Waals surface area (Å²) in [4.78, 5) is 29.8. The quantitative estimate of drug-likeness (QED) is 0.122. The van der Waals surface area contributed by atoms with Crippen LogP contribution in [0.4, 0.5) is 0 Å². The van der Waals surface area contributed by atoms with E-state index in [0.717, 1.165) is 99.4 Å². The van der Waals surface area contributed by atoms with Crippen LogP contribution in [0.3, 0.4) is 0 Å². The molecule has 4 aromatic heterocycles. The van der Waals surface area contributed by atoms with Gasteiger partial charge in [-0.25, -0.2) is 29.9 Å². The smallest absolute Gasteiger partial charge is 0.456 e. The van der Waals surface area contributed by atoms with Gasteiger partial charge in [-0.2, -0.15) is 0 Å². The van der Waals surface area contributed by atoms with Crippen LogP contribution in [-0.4, -0.2) is 48.2 Å². The molecule has 0 N–H and O–H groups in total. The minimum absolute atomic E-state index is 0.164. The molecule has 4 aliphatic carbocycles. The second kappa shape index (κ2) is 30.4. The number of nitrogens with zero attached hydrogens (tertiary/aromatic N) is 6. The Hall–Kier alpha value is -13.0. The third kappa shape index (κ3) is 13.5. The van der Waals surface area contributed by atoms with Gasteiger partial charge >= 0.3 is 7.12 Å². The lowest BCUT2D eigenvalue weighted by Crippen LogP contribution is -2.41. The van der Waals surface area contributed by atoms with E-state index < -0.39 is 0 Å². The van der Waals surface area contributed by atoms with Crippen molar-refractivity contribution >= 4 is 68.1 Å². The number of para-hydroxylation sites is 2. The second-order valence-electron chi connectivity index (χ2n) is 33.7. The number of hydrogen-bond donors (Lipinski definition) is 0. The minimum atomic E-state index is -0.306. The lowest BCUT2D eigenvalue weighted by molar-refractivity contribution is 0.00578. The molecule has 0 radical (unpaired) electrons. The molecule has 0 amide bonds. The van der Waals surface area contributed by atoms with E-state index in [4.69, 9.17) is 59.6 Å². The minimum Gasteiger partial charge on any atom is -0.456 e.